The van der Waals surface area contributed by atoms with Crippen LogP contribution in [0.2, 0.25) is 0 Å². The highest BCUT2D eigenvalue weighted by molar-refractivity contribution is 6.07. The second-order valence-electron chi connectivity index (χ2n) is 8.65. The van der Waals surface area contributed by atoms with E-state index in [4.69, 9.17) is 4.98 Å². The normalized spacial score (nSPS) is 14.9. The van der Waals surface area contributed by atoms with Gasteiger partial charge in [-0.3, -0.25) is 19.7 Å². The predicted octanol–water partition coefficient (Wildman–Crippen LogP) is 5.53. The molecule has 1 amide bonds. The van der Waals surface area contributed by atoms with Gasteiger partial charge in [0.1, 0.15) is 11.3 Å². The molecule has 3 aromatic heterocycles. The summed E-state index contributed by atoms with van der Waals surface area (Å²) in [6, 6.07) is 13.6. The van der Waals surface area contributed by atoms with Crippen molar-refractivity contribution in [3.8, 4) is 0 Å². The van der Waals surface area contributed by atoms with Crippen molar-refractivity contribution in [1.82, 2.24) is 24.8 Å². The average Bonchev–Trinajstić information content (AvgIpc) is 3.28. The van der Waals surface area contributed by atoms with Gasteiger partial charge in [0, 0.05) is 24.2 Å². The number of H-pyrrole nitrogens is 1. The Bertz CT molecular complexity index is 1240. The van der Waals surface area contributed by atoms with Crippen molar-refractivity contribution >= 4 is 22.6 Å². The summed E-state index contributed by atoms with van der Waals surface area (Å²) in [6.07, 6.45) is 9.70. The molecular formula is C27H32N6O. The number of hydrogen-bond acceptors (Lipinski definition) is 5. The number of rotatable bonds is 5. The Morgan fingerprint density at radius 1 is 1.12 bits per heavy atom. The summed E-state index contributed by atoms with van der Waals surface area (Å²) >= 11 is 0. The van der Waals surface area contributed by atoms with Crippen LogP contribution in [-0.4, -0.2) is 37.8 Å². The molecule has 7 nitrogen and oxygen atoms in total. The Balaban J connectivity index is 0.000000868. The largest absolute Gasteiger partial charge is 0.341 e. The van der Waals surface area contributed by atoms with Gasteiger partial charge in [-0.2, -0.15) is 0 Å². The first-order chi connectivity index (χ1) is 16.6. The Kier molecular flexibility index (Phi) is 7.65. The van der Waals surface area contributed by atoms with Crippen LogP contribution in [0, 0.1) is 0 Å². The van der Waals surface area contributed by atoms with Crippen molar-refractivity contribution in [2.75, 3.05) is 12.4 Å². The number of carbonyl (C=O) groups is 1. The fourth-order valence-electron chi connectivity index (χ4n) is 4.32. The maximum absolute atomic E-state index is 12.6. The Morgan fingerprint density at radius 3 is 2.71 bits per heavy atom. The van der Waals surface area contributed by atoms with Gasteiger partial charge in [-0.25, -0.2) is 4.98 Å². The van der Waals surface area contributed by atoms with Gasteiger partial charge in [0.15, 0.2) is 0 Å². The summed E-state index contributed by atoms with van der Waals surface area (Å²) in [5, 5.41) is 2.97. The van der Waals surface area contributed by atoms with E-state index < -0.39 is 0 Å². The minimum atomic E-state index is -0.179. The smallest absolute Gasteiger partial charge is 0.255 e. The topological polar surface area (TPSA) is 86.8 Å². The van der Waals surface area contributed by atoms with Gasteiger partial charge in [-0.05, 0) is 62.2 Å². The molecule has 0 bridgehead atoms. The molecule has 7 heteroatoms. The first-order valence-electron chi connectivity index (χ1n) is 11.9. The lowest BCUT2D eigenvalue weighted by molar-refractivity contribution is 0.102. The molecule has 34 heavy (non-hydrogen) atoms. The van der Waals surface area contributed by atoms with Gasteiger partial charge in [0.05, 0.1) is 29.5 Å². The Hall–Kier alpha value is -3.58. The molecule has 1 aliphatic rings. The number of pyridine rings is 2. The molecule has 176 valence electrons. The summed E-state index contributed by atoms with van der Waals surface area (Å²) in [5.74, 6) is 0.688. The predicted molar refractivity (Wildman–Crippen MR) is 136 cm³/mol. The zero-order valence-corrected chi connectivity index (χ0v) is 20.1. The highest BCUT2D eigenvalue weighted by Gasteiger charge is 2.25. The van der Waals surface area contributed by atoms with E-state index in [1.165, 1.54) is 24.1 Å². The van der Waals surface area contributed by atoms with E-state index in [0.717, 1.165) is 29.7 Å². The molecule has 2 N–H and O–H groups in total. The van der Waals surface area contributed by atoms with Crippen LogP contribution in [0.1, 0.15) is 66.6 Å². The van der Waals surface area contributed by atoms with Gasteiger partial charge in [0.2, 0.25) is 0 Å². The van der Waals surface area contributed by atoms with Crippen molar-refractivity contribution in [2.45, 2.75) is 52.1 Å². The fourth-order valence-corrected chi connectivity index (χ4v) is 4.32. The minimum Gasteiger partial charge on any atom is -0.341 e. The lowest BCUT2D eigenvalue weighted by atomic mass is 9.91. The number of carbonyl (C=O) groups excluding carboxylic acids is 1. The van der Waals surface area contributed by atoms with E-state index in [-0.39, 0.29) is 11.9 Å². The molecule has 4 aromatic rings. The minimum absolute atomic E-state index is 0.179. The Morgan fingerprint density at radius 2 is 1.91 bits per heavy atom. The number of para-hydroxylation sites is 1. The third kappa shape index (κ3) is 5.31. The lowest BCUT2D eigenvalue weighted by Gasteiger charge is -2.31. The van der Waals surface area contributed by atoms with Gasteiger partial charge in [0.25, 0.3) is 5.91 Å². The maximum atomic E-state index is 12.6. The summed E-state index contributed by atoms with van der Waals surface area (Å²) < 4.78 is 0. The van der Waals surface area contributed by atoms with Crippen LogP contribution in [0.4, 0.5) is 5.69 Å². The zero-order chi connectivity index (χ0) is 23.9. The quantitative estimate of drug-likeness (QED) is 0.412. The van der Waals surface area contributed by atoms with Crippen molar-refractivity contribution in [3.05, 3.63) is 83.7 Å². The third-order valence-corrected chi connectivity index (χ3v) is 5.85. The van der Waals surface area contributed by atoms with Gasteiger partial charge in [-0.1, -0.05) is 32.4 Å². The fraction of sp³-hybridized carbons (Fsp3) is 0.333. The molecule has 1 aromatic carbocycles. The third-order valence-electron chi connectivity index (χ3n) is 5.85. The van der Waals surface area contributed by atoms with E-state index in [2.05, 4.69) is 52.1 Å². The summed E-state index contributed by atoms with van der Waals surface area (Å²) in [7, 11) is 2.12. The first-order valence-corrected chi connectivity index (χ1v) is 11.9. The SMILES string of the molecule is CCC.CN(Cc1nc2c(NC(=O)c3ccncc3)cccc2[nH]1)C1CCCc2cccnc21. The highest BCUT2D eigenvalue weighted by Crippen LogP contribution is 2.32. The highest BCUT2D eigenvalue weighted by atomic mass is 16.1. The molecule has 0 radical (unpaired) electrons. The number of imidazole rings is 1. The van der Waals surface area contributed by atoms with E-state index in [0.29, 0.717) is 17.8 Å². The zero-order valence-electron chi connectivity index (χ0n) is 20.1. The molecule has 0 spiro atoms. The molecule has 1 unspecified atom stereocenters. The first kappa shape index (κ1) is 23.6. The summed E-state index contributed by atoms with van der Waals surface area (Å²) in [5.41, 5.74) is 5.43. The molecule has 5 rings (SSSR count). The number of nitrogens with zero attached hydrogens (tertiary/aromatic N) is 4. The molecule has 1 atom stereocenters. The Labute approximate surface area is 200 Å². The average molecular weight is 457 g/mol. The van der Waals surface area contributed by atoms with Crippen molar-refractivity contribution in [1.29, 1.82) is 0 Å². The van der Waals surface area contributed by atoms with Crippen molar-refractivity contribution < 1.29 is 4.79 Å². The van der Waals surface area contributed by atoms with Crippen LogP contribution in [0.3, 0.4) is 0 Å². The van der Waals surface area contributed by atoms with E-state index >= 15 is 0 Å². The molecule has 0 fully saturated rings. The van der Waals surface area contributed by atoms with Gasteiger partial charge < -0.3 is 10.3 Å². The number of amides is 1. The number of anilines is 1. The van der Waals surface area contributed by atoms with Crippen LogP contribution in [0.25, 0.3) is 11.0 Å². The molecule has 0 saturated heterocycles. The number of aromatic amines is 1. The van der Waals surface area contributed by atoms with E-state index in [1.54, 1.807) is 24.5 Å². The lowest BCUT2D eigenvalue weighted by Crippen LogP contribution is -2.28. The van der Waals surface area contributed by atoms with Crippen LogP contribution < -0.4 is 5.32 Å². The van der Waals surface area contributed by atoms with Crippen molar-refractivity contribution in [3.63, 3.8) is 0 Å². The van der Waals surface area contributed by atoms with E-state index in [1.807, 2.05) is 30.5 Å². The number of aromatic nitrogens is 4. The van der Waals surface area contributed by atoms with Crippen LogP contribution in [-0.2, 0) is 13.0 Å². The second kappa shape index (κ2) is 11.0. The summed E-state index contributed by atoms with van der Waals surface area (Å²) in [6.45, 7) is 4.92. The summed E-state index contributed by atoms with van der Waals surface area (Å²) in [4.78, 5) is 31.7. The molecular weight excluding hydrogens is 424 g/mol. The monoisotopic (exact) mass is 456 g/mol. The second-order valence-corrected chi connectivity index (χ2v) is 8.65. The standard InChI is InChI=1S/C24H24N6O.C3H8/c1-30(20-9-2-5-16-6-4-12-26-22(16)20)15-21-27-18-7-3-8-19(23(18)29-21)28-24(31)17-10-13-25-14-11-17;1-3-2/h3-4,6-8,10-14,20H,2,5,9,15H2,1H3,(H,27,29)(H,28,31);3H2,1-2H3. The molecule has 3 heterocycles. The van der Waals surface area contributed by atoms with Gasteiger partial charge >= 0.3 is 0 Å². The molecule has 0 saturated carbocycles. The van der Waals surface area contributed by atoms with Crippen LogP contribution in [0.15, 0.2) is 61.1 Å². The number of aryl methyl sites for hydroxylation is 1. The number of benzene rings is 1. The van der Waals surface area contributed by atoms with Crippen LogP contribution >= 0.6 is 0 Å². The van der Waals surface area contributed by atoms with Crippen molar-refractivity contribution in [2.24, 2.45) is 0 Å². The van der Waals surface area contributed by atoms with Gasteiger partial charge in [-0.15, -0.1) is 0 Å². The maximum Gasteiger partial charge on any atom is 0.255 e. The molecule has 0 aliphatic heterocycles. The number of nitrogens with one attached hydrogen (secondary N) is 2. The van der Waals surface area contributed by atoms with Crippen LogP contribution in [0.5, 0.6) is 0 Å². The number of fused-ring (bicyclic) bond motifs is 2. The van der Waals surface area contributed by atoms with E-state index in [9.17, 15) is 4.79 Å². The molecule has 1 aliphatic carbocycles. The number of hydrogen-bond donors (Lipinski definition) is 2.